The molecule has 1 saturated heterocycles. The minimum absolute atomic E-state index is 0.213. The van der Waals surface area contributed by atoms with Gasteiger partial charge in [-0.3, -0.25) is 14.7 Å². The van der Waals surface area contributed by atoms with Crippen LogP contribution in [0.1, 0.15) is 11.1 Å². The predicted molar refractivity (Wildman–Crippen MR) is 74.8 cm³/mol. The van der Waals surface area contributed by atoms with Crippen LogP contribution >= 0.6 is 0 Å². The molecule has 1 aromatic rings. The summed E-state index contributed by atoms with van der Waals surface area (Å²) in [6.07, 6.45) is 3.67. The zero-order chi connectivity index (χ0) is 13.7. The van der Waals surface area contributed by atoms with Crippen molar-refractivity contribution in [1.29, 1.82) is 0 Å². The quantitative estimate of drug-likeness (QED) is 0.845. The third kappa shape index (κ3) is 4.01. The lowest BCUT2D eigenvalue weighted by Crippen LogP contribution is -2.49. The first-order chi connectivity index (χ1) is 9.16. The van der Waals surface area contributed by atoms with E-state index in [2.05, 4.69) is 17.2 Å². The van der Waals surface area contributed by atoms with Crippen LogP contribution in [0.4, 0.5) is 0 Å². The molecule has 1 aliphatic heterocycles. The third-order valence-electron chi connectivity index (χ3n) is 3.46. The van der Waals surface area contributed by atoms with Gasteiger partial charge in [-0.25, -0.2) is 0 Å². The zero-order valence-electron chi connectivity index (χ0n) is 11.7. The summed E-state index contributed by atoms with van der Waals surface area (Å²) >= 11 is 0. The first-order valence-corrected chi connectivity index (χ1v) is 6.73. The lowest BCUT2D eigenvalue weighted by atomic mass is 10.1. The van der Waals surface area contributed by atoms with Crippen molar-refractivity contribution < 1.29 is 4.79 Å². The summed E-state index contributed by atoms with van der Waals surface area (Å²) in [5, 5.41) is 3.25. The summed E-state index contributed by atoms with van der Waals surface area (Å²) in [6.45, 7) is 6.74. The topological polar surface area (TPSA) is 48.5 Å². The maximum Gasteiger partial charge on any atom is 0.236 e. The molecule has 19 heavy (non-hydrogen) atoms. The van der Waals surface area contributed by atoms with Crippen LogP contribution in [0.25, 0.3) is 0 Å². The number of rotatable bonds is 4. The van der Waals surface area contributed by atoms with E-state index in [9.17, 15) is 4.79 Å². The Morgan fingerprint density at radius 3 is 2.89 bits per heavy atom. The number of amides is 1. The Labute approximate surface area is 114 Å². The van der Waals surface area contributed by atoms with E-state index in [1.54, 1.807) is 6.20 Å². The number of piperazine rings is 1. The molecule has 0 unspecified atom stereocenters. The van der Waals surface area contributed by atoms with E-state index in [1.807, 2.05) is 29.1 Å². The maximum absolute atomic E-state index is 12.1. The Kier molecular flexibility index (Phi) is 4.87. The van der Waals surface area contributed by atoms with E-state index in [1.165, 1.54) is 11.1 Å². The SMILES string of the molecule is Cc1ccncc1CN(C)CC(=O)N1CCNCC1. The van der Waals surface area contributed by atoms with Gasteiger partial charge in [-0.05, 0) is 31.2 Å². The average Bonchev–Trinajstić information content (AvgIpc) is 2.42. The number of aromatic nitrogens is 1. The molecule has 1 N–H and O–H groups in total. The molecule has 0 bridgehead atoms. The normalized spacial score (nSPS) is 15.8. The van der Waals surface area contributed by atoms with Gasteiger partial charge in [0.2, 0.25) is 5.91 Å². The van der Waals surface area contributed by atoms with Crippen LogP contribution < -0.4 is 5.32 Å². The molecule has 2 rings (SSSR count). The third-order valence-corrected chi connectivity index (χ3v) is 3.46. The van der Waals surface area contributed by atoms with Gasteiger partial charge in [-0.2, -0.15) is 0 Å². The van der Waals surface area contributed by atoms with Crippen LogP contribution in [0, 0.1) is 6.92 Å². The smallest absolute Gasteiger partial charge is 0.236 e. The molecule has 1 amide bonds. The highest BCUT2D eigenvalue weighted by atomic mass is 16.2. The number of nitrogens with zero attached hydrogens (tertiary/aromatic N) is 3. The van der Waals surface area contributed by atoms with Crippen molar-refractivity contribution in [1.82, 2.24) is 20.1 Å². The average molecular weight is 262 g/mol. The number of carbonyl (C=O) groups excluding carboxylic acids is 1. The monoisotopic (exact) mass is 262 g/mol. The largest absolute Gasteiger partial charge is 0.339 e. The van der Waals surface area contributed by atoms with Gasteiger partial charge < -0.3 is 10.2 Å². The van der Waals surface area contributed by atoms with Gasteiger partial charge >= 0.3 is 0 Å². The van der Waals surface area contributed by atoms with Gasteiger partial charge in [0.25, 0.3) is 0 Å². The van der Waals surface area contributed by atoms with Gasteiger partial charge in [-0.1, -0.05) is 0 Å². The van der Waals surface area contributed by atoms with Gasteiger partial charge in [0.15, 0.2) is 0 Å². The Morgan fingerprint density at radius 1 is 1.47 bits per heavy atom. The van der Waals surface area contributed by atoms with E-state index in [4.69, 9.17) is 0 Å². The molecule has 104 valence electrons. The predicted octanol–water partition coefficient (Wildman–Crippen LogP) is 0.254. The number of nitrogens with one attached hydrogen (secondary N) is 1. The second-order valence-corrected chi connectivity index (χ2v) is 5.11. The van der Waals surface area contributed by atoms with Crippen molar-refractivity contribution in [3.05, 3.63) is 29.6 Å². The van der Waals surface area contributed by atoms with E-state index in [0.29, 0.717) is 6.54 Å². The van der Waals surface area contributed by atoms with Gasteiger partial charge in [0, 0.05) is 45.1 Å². The standard InChI is InChI=1S/C14H22N4O/c1-12-3-4-16-9-13(12)10-17(2)11-14(19)18-7-5-15-6-8-18/h3-4,9,15H,5-8,10-11H2,1-2H3. The number of carbonyl (C=O) groups is 1. The molecule has 0 spiro atoms. The van der Waals surface area contributed by atoms with E-state index in [0.717, 1.165) is 32.7 Å². The zero-order valence-corrected chi connectivity index (χ0v) is 11.7. The van der Waals surface area contributed by atoms with Gasteiger partial charge in [0.1, 0.15) is 0 Å². The molecule has 1 aromatic heterocycles. The van der Waals surface area contributed by atoms with Crippen molar-refractivity contribution in [2.45, 2.75) is 13.5 Å². The van der Waals surface area contributed by atoms with Crippen LogP contribution in [0.3, 0.4) is 0 Å². The Bertz CT molecular complexity index is 429. The molecular formula is C14H22N4O. The molecule has 5 nitrogen and oxygen atoms in total. The molecule has 0 saturated carbocycles. The molecule has 0 aliphatic carbocycles. The van der Waals surface area contributed by atoms with Crippen LogP contribution in [-0.2, 0) is 11.3 Å². The number of hydrogen-bond acceptors (Lipinski definition) is 4. The summed E-state index contributed by atoms with van der Waals surface area (Å²) < 4.78 is 0. The van der Waals surface area contributed by atoms with Crippen LogP contribution in [0.15, 0.2) is 18.5 Å². The van der Waals surface area contributed by atoms with Crippen molar-refractivity contribution in [2.24, 2.45) is 0 Å². The number of likely N-dealkylation sites (N-methyl/N-ethyl adjacent to an activating group) is 1. The second-order valence-electron chi connectivity index (χ2n) is 5.11. The summed E-state index contributed by atoms with van der Waals surface area (Å²) in [6, 6.07) is 2.00. The minimum atomic E-state index is 0.213. The first-order valence-electron chi connectivity index (χ1n) is 6.73. The molecule has 1 fully saturated rings. The summed E-state index contributed by atoms with van der Waals surface area (Å²) in [5.41, 5.74) is 2.40. The Balaban J connectivity index is 1.85. The molecule has 0 aromatic carbocycles. The summed E-state index contributed by atoms with van der Waals surface area (Å²) in [7, 11) is 1.98. The van der Waals surface area contributed by atoms with Crippen molar-refractivity contribution in [3.8, 4) is 0 Å². The summed E-state index contributed by atoms with van der Waals surface area (Å²) in [5.74, 6) is 0.213. The van der Waals surface area contributed by atoms with E-state index < -0.39 is 0 Å². The molecule has 1 aliphatic rings. The second kappa shape index (κ2) is 6.63. The highest BCUT2D eigenvalue weighted by molar-refractivity contribution is 5.78. The minimum Gasteiger partial charge on any atom is -0.339 e. The van der Waals surface area contributed by atoms with Crippen molar-refractivity contribution in [3.63, 3.8) is 0 Å². The lowest BCUT2D eigenvalue weighted by Gasteiger charge is -2.29. The fourth-order valence-corrected chi connectivity index (χ4v) is 2.25. The van der Waals surface area contributed by atoms with Gasteiger partial charge in [-0.15, -0.1) is 0 Å². The van der Waals surface area contributed by atoms with Crippen LogP contribution in [-0.4, -0.2) is 60.5 Å². The molecule has 5 heteroatoms. The van der Waals surface area contributed by atoms with Crippen molar-refractivity contribution >= 4 is 5.91 Å². The van der Waals surface area contributed by atoms with Gasteiger partial charge in [0.05, 0.1) is 6.54 Å². The summed E-state index contributed by atoms with van der Waals surface area (Å²) in [4.78, 5) is 20.2. The fourth-order valence-electron chi connectivity index (χ4n) is 2.25. The number of hydrogen-bond donors (Lipinski definition) is 1. The van der Waals surface area contributed by atoms with Crippen LogP contribution in [0.5, 0.6) is 0 Å². The molecule has 2 heterocycles. The first kappa shape index (κ1) is 14.0. The Hall–Kier alpha value is -1.46. The molecular weight excluding hydrogens is 240 g/mol. The Morgan fingerprint density at radius 2 is 2.21 bits per heavy atom. The van der Waals surface area contributed by atoms with E-state index in [-0.39, 0.29) is 5.91 Å². The highest BCUT2D eigenvalue weighted by Crippen LogP contribution is 2.08. The number of aryl methyl sites for hydroxylation is 1. The molecule has 0 radical (unpaired) electrons. The maximum atomic E-state index is 12.1. The van der Waals surface area contributed by atoms with E-state index >= 15 is 0 Å². The molecule has 0 atom stereocenters. The number of pyridine rings is 1. The highest BCUT2D eigenvalue weighted by Gasteiger charge is 2.17. The van der Waals surface area contributed by atoms with Crippen molar-refractivity contribution in [2.75, 3.05) is 39.8 Å². The fraction of sp³-hybridized carbons (Fsp3) is 0.571. The van der Waals surface area contributed by atoms with Crippen LogP contribution in [0.2, 0.25) is 0 Å². The lowest BCUT2D eigenvalue weighted by molar-refractivity contribution is -0.132.